The molecule has 7 heteroatoms. The highest BCUT2D eigenvalue weighted by Gasteiger charge is 2.31. The van der Waals surface area contributed by atoms with Crippen molar-refractivity contribution in [2.75, 3.05) is 13.1 Å². The van der Waals surface area contributed by atoms with E-state index < -0.39 is 0 Å². The number of hydrogen-bond donors (Lipinski definition) is 0. The number of carbonyl (C=O) groups excluding carboxylic acids is 1. The zero-order valence-electron chi connectivity index (χ0n) is 16.2. The van der Waals surface area contributed by atoms with Crippen molar-refractivity contribution >= 4 is 5.91 Å². The van der Waals surface area contributed by atoms with E-state index in [-0.39, 0.29) is 12.0 Å². The van der Waals surface area contributed by atoms with Crippen LogP contribution in [0.3, 0.4) is 0 Å². The maximum atomic E-state index is 12.8. The van der Waals surface area contributed by atoms with Crippen molar-refractivity contribution in [2.24, 2.45) is 0 Å². The molecule has 1 atom stereocenters. The second-order valence-corrected chi connectivity index (χ2v) is 7.64. The van der Waals surface area contributed by atoms with Crippen LogP contribution in [-0.2, 0) is 0 Å². The molecule has 0 N–H and O–H groups in total. The van der Waals surface area contributed by atoms with Crippen molar-refractivity contribution in [1.29, 1.82) is 0 Å². The van der Waals surface area contributed by atoms with E-state index in [1.165, 1.54) is 0 Å². The number of amides is 1. The lowest BCUT2D eigenvalue weighted by molar-refractivity contribution is 0.0771. The predicted octanol–water partition coefficient (Wildman–Crippen LogP) is 3.61. The van der Waals surface area contributed by atoms with Crippen molar-refractivity contribution in [3.63, 3.8) is 0 Å². The van der Waals surface area contributed by atoms with Gasteiger partial charge >= 0.3 is 0 Å². The third kappa shape index (κ3) is 3.60. The first-order valence-corrected chi connectivity index (χ1v) is 9.99. The van der Waals surface area contributed by atoms with E-state index in [1.54, 1.807) is 12.3 Å². The lowest BCUT2D eigenvalue weighted by Gasteiger charge is -2.18. The van der Waals surface area contributed by atoms with Gasteiger partial charge in [-0.3, -0.25) is 9.78 Å². The van der Waals surface area contributed by atoms with Crippen LogP contribution in [0.2, 0.25) is 0 Å². The fraction of sp³-hybridized carbons (Fsp3) is 0.364. The summed E-state index contributed by atoms with van der Waals surface area (Å²) in [7, 11) is 0. The fourth-order valence-corrected chi connectivity index (χ4v) is 3.67. The van der Waals surface area contributed by atoms with Crippen molar-refractivity contribution in [3.8, 4) is 17.2 Å². The number of likely N-dealkylation sites (tertiary alicyclic amines) is 1. The van der Waals surface area contributed by atoms with Gasteiger partial charge in [0.2, 0.25) is 0 Å². The van der Waals surface area contributed by atoms with Crippen LogP contribution < -0.4 is 4.74 Å². The number of aromatic nitrogens is 3. The zero-order chi connectivity index (χ0) is 19.8. The van der Waals surface area contributed by atoms with E-state index in [9.17, 15) is 4.79 Å². The largest absolute Gasteiger partial charge is 0.488 e. The van der Waals surface area contributed by atoms with Gasteiger partial charge in [-0.2, -0.15) is 4.98 Å². The van der Waals surface area contributed by atoms with Crippen LogP contribution in [0.1, 0.15) is 47.1 Å². The molecule has 29 heavy (non-hydrogen) atoms. The number of rotatable bonds is 5. The molecule has 1 aliphatic carbocycles. The molecule has 2 fully saturated rings. The van der Waals surface area contributed by atoms with Gasteiger partial charge in [-0.25, -0.2) is 0 Å². The van der Waals surface area contributed by atoms with Crippen LogP contribution in [0.15, 0.2) is 47.1 Å². The number of ether oxygens (including phenoxy) is 1. The predicted molar refractivity (Wildman–Crippen MR) is 106 cm³/mol. The van der Waals surface area contributed by atoms with E-state index in [0.29, 0.717) is 36.2 Å². The number of hydrogen-bond acceptors (Lipinski definition) is 6. The van der Waals surface area contributed by atoms with Crippen LogP contribution in [0.5, 0.6) is 5.75 Å². The van der Waals surface area contributed by atoms with Gasteiger partial charge in [0.15, 0.2) is 5.82 Å². The van der Waals surface area contributed by atoms with Gasteiger partial charge in [0, 0.05) is 30.8 Å². The second kappa shape index (κ2) is 7.31. The van der Waals surface area contributed by atoms with E-state index in [2.05, 4.69) is 15.1 Å². The molecule has 3 heterocycles. The molecule has 0 bridgehead atoms. The Bertz CT molecular complexity index is 1040. The van der Waals surface area contributed by atoms with E-state index in [0.717, 1.165) is 36.3 Å². The Hall–Kier alpha value is -3.22. The number of pyridine rings is 1. The first-order chi connectivity index (χ1) is 14.2. The Kier molecular flexibility index (Phi) is 4.50. The van der Waals surface area contributed by atoms with E-state index >= 15 is 0 Å². The van der Waals surface area contributed by atoms with E-state index in [4.69, 9.17) is 9.26 Å². The summed E-state index contributed by atoms with van der Waals surface area (Å²) in [6.07, 6.45) is 4.64. The van der Waals surface area contributed by atoms with Crippen LogP contribution in [0.25, 0.3) is 11.5 Å². The highest BCUT2D eigenvalue weighted by Crippen LogP contribution is 2.40. The molecule has 148 valence electrons. The summed E-state index contributed by atoms with van der Waals surface area (Å²) < 4.78 is 11.7. The topological polar surface area (TPSA) is 81.4 Å². The van der Waals surface area contributed by atoms with Crippen LogP contribution >= 0.6 is 0 Å². The molecule has 3 aromatic rings. The van der Waals surface area contributed by atoms with Gasteiger partial charge < -0.3 is 14.2 Å². The molecule has 0 radical (unpaired) electrons. The smallest absolute Gasteiger partial charge is 0.261 e. The van der Waals surface area contributed by atoms with Crippen molar-refractivity contribution in [2.45, 2.75) is 38.2 Å². The zero-order valence-corrected chi connectivity index (χ0v) is 16.2. The molecule has 1 unspecified atom stereocenters. The maximum Gasteiger partial charge on any atom is 0.261 e. The molecule has 1 amide bonds. The van der Waals surface area contributed by atoms with Crippen molar-refractivity contribution in [3.05, 3.63) is 59.7 Å². The van der Waals surface area contributed by atoms with Crippen molar-refractivity contribution in [1.82, 2.24) is 20.0 Å². The first kappa shape index (κ1) is 17.8. The van der Waals surface area contributed by atoms with E-state index in [1.807, 2.05) is 42.2 Å². The normalized spacial score (nSPS) is 18.8. The molecular weight excluding hydrogens is 368 g/mol. The number of para-hydroxylation sites is 1. The quantitative estimate of drug-likeness (QED) is 0.662. The maximum absolute atomic E-state index is 12.8. The fourth-order valence-electron chi connectivity index (χ4n) is 3.67. The third-order valence-electron chi connectivity index (χ3n) is 5.46. The summed E-state index contributed by atoms with van der Waals surface area (Å²) in [6.45, 7) is 3.05. The lowest BCUT2D eigenvalue weighted by Crippen LogP contribution is -2.31. The Morgan fingerprint density at radius 2 is 2.03 bits per heavy atom. The molecule has 2 aliphatic rings. The molecule has 5 rings (SSSR count). The number of aryl methyl sites for hydroxylation is 1. The summed E-state index contributed by atoms with van der Waals surface area (Å²) in [5, 5.41) is 4.10. The van der Waals surface area contributed by atoms with Gasteiger partial charge in [-0.15, -0.1) is 0 Å². The minimum absolute atomic E-state index is 0.000890. The Morgan fingerprint density at radius 3 is 2.86 bits per heavy atom. The van der Waals surface area contributed by atoms with Crippen LogP contribution in [0.4, 0.5) is 0 Å². The molecule has 1 aromatic carbocycles. The summed E-state index contributed by atoms with van der Waals surface area (Å²) in [5.74, 6) is 2.40. The highest BCUT2D eigenvalue weighted by molar-refractivity contribution is 5.95. The molecule has 1 saturated carbocycles. The minimum Gasteiger partial charge on any atom is -0.488 e. The van der Waals surface area contributed by atoms with Crippen molar-refractivity contribution < 1.29 is 14.1 Å². The summed E-state index contributed by atoms with van der Waals surface area (Å²) in [5.41, 5.74) is 2.18. The monoisotopic (exact) mass is 390 g/mol. The Morgan fingerprint density at radius 1 is 1.17 bits per heavy atom. The van der Waals surface area contributed by atoms with Gasteiger partial charge in [-0.05, 0) is 44.0 Å². The average Bonchev–Trinajstić information content (AvgIpc) is 3.29. The molecule has 7 nitrogen and oxygen atoms in total. The molecule has 0 spiro atoms. The Labute approximate surface area is 168 Å². The third-order valence-corrected chi connectivity index (χ3v) is 5.46. The second-order valence-electron chi connectivity index (χ2n) is 7.64. The lowest BCUT2D eigenvalue weighted by atomic mass is 10.2. The van der Waals surface area contributed by atoms with Gasteiger partial charge in [0.1, 0.15) is 11.9 Å². The summed E-state index contributed by atoms with van der Waals surface area (Å²) in [4.78, 5) is 23.4. The SMILES string of the molecule is Cc1ncccc1C(=O)N1CCC(Oc2ccccc2-c2nc(C3CC3)no2)C1. The highest BCUT2D eigenvalue weighted by atomic mass is 16.5. The molecule has 1 aliphatic heterocycles. The van der Waals surface area contributed by atoms with Gasteiger partial charge in [0.25, 0.3) is 11.8 Å². The Balaban J connectivity index is 1.30. The number of nitrogens with zero attached hydrogens (tertiary/aromatic N) is 4. The van der Waals surface area contributed by atoms with Gasteiger partial charge in [0.05, 0.1) is 17.7 Å². The number of carbonyl (C=O) groups is 1. The minimum atomic E-state index is -0.0806. The molecule has 1 saturated heterocycles. The first-order valence-electron chi connectivity index (χ1n) is 9.99. The van der Waals surface area contributed by atoms with Crippen LogP contribution in [0, 0.1) is 6.92 Å². The van der Waals surface area contributed by atoms with Gasteiger partial charge in [-0.1, -0.05) is 17.3 Å². The number of benzene rings is 1. The summed E-state index contributed by atoms with van der Waals surface area (Å²) in [6, 6.07) is 11.3. The van der Waals surface area contributed by atoms with Crippen LogP contribution in [-0.4, -0.2) is 45.1 Å². The standard InChI is InChI=1S/C22H22N4O3/c1-14-17(6-4-11-23-14)22(27)26-12-10-16(13-26)28-19-7-3-2-5-18(19)21-24-20(25-29-21)15-8-9-15/h2-7,11,15-16H,8-10,12-13H2,1H3. The average molecular weight is 390 g/mol. The molecular formula is C22H22N4O3. The summed E-state index contributed by atoms with van der Waals surface area (Å²) >= 11 is 0. The molecule has 2 aromatic heterocycles.